The van der Waals surface area contributed by atoms with E-state index in [4.69, 9.17) is 0 Å². The number of nitrogens with zero attached hydrogens (tertiary/aromatic N) is 3. The van der Waals surface area contributed by atoms with Crippen molar-refractivity contribution < 1.29 is 8.42 Å². The third-order valence-electron chi connectivity index (χ3n) is 2.94. The zero-order chi connectivity index (χ0) is 11.2. The van der Waals surface area contributed by atoms with Crippen molar-refractivity contribution in [1.82, 2.24) is 14.5 Å². The Morgan fingerprint density at radius 3 is 3.00 bits per heavy atom. The molecule has 0 saturated carbocycles. The highest BCUT2D eigenvalue weighted by atomic mass is 32.2. The van der Waals surface area contributed by atoms with Crippen molar-refractivity contribution in [2.75, 3.05) is 5.75 Å². The molecular formula is C10H11N3O2S. The van der Waals surface area contributed by atoms with E-state index in [-0.39, 0.29) is 5.75 Å². The standard InChI is InChI=1S/C10H11N3O2S/c14-16(15)6-2-4-9(16)13-7-12-8-3-1-5-11-10(8)13/h1,3,5,7,9H,2,4,6H2. The third kappa shape index (κ3) is 1.33. The van der Waals surface area contributed by atoms with Gasteiger partial charge in [-0.1, -0.05) is 0 Å². The Morgan fingerprint density at radius 1 is 1.38 bits per heavy atom. The number of aromatic nitrogens is 3. The molecule has 2 aromatic rings. The number of pyridine rings is 1. The average Bonchev–Trinajstić information content (AvgIpc) is 2.81. The van der Waals surface area contributed by atoms with Gasteiger partial charge in [0.25, 0.3) is 0 Å². The zero-order valence-electron chi connectivity index (χ0n) is 8.57. The molecule has 1 aliphatic rings. The summed E-state index contributed by atoms with van der Waals surface area (Å²) in [5, 5.41) is -0.479. The fourth-order valence-electron chi connectivity index (χ4n) is 2.16. The second-order valence-corrected chi connectivity index (χ2v) is 6.24. The van der Waals surface area contributed by atoms with Crippen LogP contribution in [0.4, 0.5) is 0 Å². The van der Waals surface area contributed by atoms with Gasteiger partial charge < -0.3 is 0 Å². The lowest BCUT2D eigenvalue weighted by atomic mass is 10.3. The van der Waals surface area contributed by atoms with Crippen LogP contribution in [0.5, 0.6) is 0 Å². The number of rotatable bonds is 1. The van der Waals surface area contributed by atoms with E-state index < -0.39 is 15.2 Å². The van der Waals surface area contributed by atoms with Crippen molar-refractivity contribution in [3.63, 3.8) is 0 Å². The first-order chi connectivity index (χ1) is 7.68. The lowest BCUT2D eigenvalue weighted by molar-refractivity contribution is 0.561. The molecule has 5 nitrogen and oxygen atoms in total. The summed E-state index contributed by atoms with van der Waals surface area (Å²) in [5.74, 6) is 0.268. The summed E-state index contributed by atoms with van der Waals surface area (Å²) in [4.78, 5) is 8.35. The highest BCUT2D eigenvalue weighted by Gasteiger charge is 2.33. The van der Waals surface area contributed by atoms with Crippen LogP contribution in [0.15, 0.2) is 24.7 Å². The van der Waals surface area contributed by atoms with Gasteiger partial charge in [-0.15, -0.1) is 0 Å². The van der Waals surface area contributed by atoms with Crippen LogP contribution in [-0.4, -0.2) is 28.7 Å². The lowest BCUT2D eigenvalue weighted by Crippen LogP contribution is -2.14. The lowest BCUT2D eigenvalue weighted by Gasteiger charge is -2.10. The molecule has 0 N–H and O–H groups in total. The third-order valence-corrected chi connectivity index (χ3v) is 5.09. The summed E-state index contributed by atoms with van der Waals surface area (Å²) in [5.41, 5.74) is 1.39. The summed E-state index contributed by atoms with van der Waals surface area (Å²) in [6.07, 6.45) is 4.61. The molecule has 3 rings (SSSR count). The minimum absolute atomic E-state index is 0.268. The maximum absolute atomic E-state index is 11.8. The molecule has 16 heavy (non-hydrogen) atoms. The summed E-state index contributed by atoms with van der Waals surface area (Å²) >= 11 is 0. The van der Waals surface area contributed by atoms with E-state index in [1.165, 1.54) is 0 Å². The number of fused-ring (bicyclic) bond motifs is 1. The van der Waals surface area contributed by atoms with Crippen molar-refractivity contribution in [2.24, 2.45) is 0 Å². The van der Waals surface area contributed by atoms with Crippen LogP contribution in [0.2, 0.25) is 0 Å². The SMILES string of the molecule is O=S1(=O)CCCC1n1cnc2cccnc21. The topological polar surface area (TPSA) is 64.8 Å². The Hall–Kier alpha value is -1.43. The normalized spacial score (nSPS) is 23.9. The molecule has 3 heterocycles. The van der Waals surface area contributed by atoms with Gasteiger partial charge >= 0.3 is 0 Å². The average molecular weight is 237 g/mol. The van der Waals surface area contributed by atoms with Gasteiger partial charge in [0, 0.05) is 6.20 Å². The van der Waals surface area contributed by atoms with Crippen LogP contribution < -0.4 is 0 Å². The summed E-state index contributed by atoms with van der Waals surface area (Å²) in [7, 11) is -3.02. The van der Waals surface area contributed by atoms with E-state index in [0.29, 0.717) is 12.1 Å². The van der Waals surface area contributed by atoms with Crippen LogP contribution in [0, 0.1) is 0 Å². The van der Waals surface area contributed by atoms with Gasteiger partial charge in [0.2, 0.25) is 0 Å². The van der Waals surface area contributed by atoms with Crippen molar-refractivity contribution in [2.45, 2.75) is 18.2 Å². The molecule has 2 aromatic heterocycles. The van der Waals surface area contributed by atoms with Gasteiger partial charge in [-0.3, -0.25) is 4.57 Å². The first-order valence-electron chi connectivity index (χ1n) is 5.17. The molecule has 1 aliphatic heterocycles. The fraction of sp³-hybridized carbons (Fsp3) is 0.400. The molecule has 0 spiro atoms. The van der Waals surface area contributed by atoms with Gasteiger partial charge in [0.1, 0.15) is 10.9 Å². The first-order valence-corrected chi connectivity index (χ1v) is 6.89. The number of hydrogen-bond donors (Lipinski definition) is 0. The Bertz CT molecular complexity index is 632. The second-order valence-electron chi connectivity index (χ2n) is 3.96. The molecule has 1 fully saturated rings. The molecule has 0 amide bonds. The highest BCUT2D eigenvalue weighted by Crippen LogP contribution is 2.31. The minimum atomic E-state index is -3.02. The monoisotopic (exact) mass is 237 g/mol. The van der Waals surface area contributed by atoms with E-state index in [1.807, 2.05) is 6.07 Å². The van der Waals surface area contributed by atoms with Crippen molar-refractivity contribution >= 4 is 21.0 Å². The van der Waals surface area contributed by atoms with Crippen LogP contribution in [0.1, 0.15) is 18.2 Å². The van der Waals surface area contributed by atoms with E-state index in [1.54, 1.807) is 23.2 Å². The molecule has 1 saturated heterocycles. The van der Waals surface area contributed by atoms with E-state index in [9.17, 15) is 8.42 Å². The minimum Gasteiger partial charge on any atom is -0.297 e. The predicted molar refractivity (Wildman–Crippen MR) is 59.6 cm³/mol. The first kappa shape index (κ1) is 9.77. The molecule has 0 aromatic carbocycles. The molecule has 6 heteroatoms. The number of hydrogen-bond acceptors (Lipinski definition) is 4. The highest BCUT2D eigenvalue weighted by molar-refractivity contribution is 7.91. The van der Waals surface area contributed by atoms with Gasteiger partial charge in [0.15, 0.2) is 15.5 Å². The molecule has 0 radical (unpaired) electrons. The molecule has 1 atom stereocenters. The maximum Gasteiger partial charge on any atom is 0.171 e. The van der Waals surface area contributed by atoms with Gasteiger partial charge in [-0.25, -0.2) is 18.4 Å². The van der Waals surface area contributed by atoms with E-state index in [2.05, 4.69) is 9.97 Å². The quantitative estimate of drug-likeness (QED) is 0.746. The summed E-state index contributed by atoms with van der Waals surface area (Å²) in [6.45, 7) is 0. The van der Waals surface area contributed by atoms with Gasteiger partial charge in [0.05, 0.1) is 12.1 Å². The van der Waals surface area contributed by atoms with Crippen molar-refractivity contribution in [3.8, 4) is 0 Å². The van der Waals surface area contributed by atoms with Crippen LogP contribution in [-0.2, 0) is 9.84 Å². The largest absolute Gasteiger partial charge is 0.297 e. The second kappa shape index (κ2) is 3.28. The zero-order valence-corrected chi connectivity index (χ0v) is 9.39. The Labute approximate surface area is 93.1 Å². The smallest absolute Gasteiger partial charge is 0.171 e. The van der Waals surface area contributed by atoms with Gasteiger partial charge in [-0.05, 0) is 25.0 Å². The predicted octanol–water partition coefficient (Wildman–Crippen LogP) is 1.14. The molecule has 84 valence electrons. The molecule has 0 aliphatic carbocycles. The molecule has 1 unspecified atom stereocenters. The molecule has 0 bridgehead atoms. The fourth-order valence-corrected chi connectivity index (χ4v) is 4.03. The Kier molecular flexibility index (Phi) is 2.00. The van der Waals surface area contributed by atoms with Gasteiger partial charge in [-0.2, -0.15) is 0 Å². The van der Waals surface area contributed by atoms with Crippen LogP contribution >= 0.6 is 0 Å². The van der Waals surface area contributed by atoms with E-state index in [0.717, 1.165) is 11.9 Å². The Morgan fingerprint density at radius 2 is 2.25 bits per heavy atom. The maximum atomic E-state index is 11.8. The van der Waals surface area contributed by atoms with Crippen LogP contribution in [0.25, 0.3) is 11.2 Å². The van der Waals surface area contributed by atoms with Crippen LogP contribution in [0.3, 0.4) is 0 Å². The number of imidazole rings is 1. The van der Waals surface area contributed by atoms with E-state index >= 15 is 0 Å². The summed E-state index contributed by atoms with van der Waals surface area (Å²) < 4.78 is 25.3. The van der Waals surface area contributed by atoms with Crippen molar-refractivity contribution in [3.05, 3.63) is 24.7 Å². The van der Waals surface area contributed by atoms with Crippen molar-refractivity contribution in [1.29, 1.82) is 0 Å². The molecular weight excluding hydrogens is 226 g/mol. The summed E-state index contributed by atoms with van der Waals surface area (Å²) in [6, 6.07) is 3.63. The number of sulfone groups is 1. The Balaban J connectivity index is 2.20.